The van der Waals surface area contributed by atoms with E-state index in [1.54, 1.807) is 24.5 Å². The average molecular weight is 659 g/mol. The first-order chi connectivity index (χ1) is 22.4. The van der Waals surface area contributed by atoms with Crippen molar-refractivity contribution in [2.24, 2.45) is 5.41 Å². The predicted molar refractivity (Wildman–Crippen MR) is 181 cm³/mol. The Hall–Kier alpha value is -4.42. The third-order valence-corrected chi connectivity index (χ3v) is 9.48. The zero-order valence-corrected chi connectivity index (χ0v) is 28.4. The zero-order chi connectivity index (χ0) is 33.7. The molecule has 1 aliphatic heterocycles. The van der Waals surface area contributed by atoms with Crippen LogP contribution in [-0.4, -0.2) is 59.9 Å². The van der Waals surface area contributed by atoms with Crippen molar-refractivity contribution < 1.29 is 23.6 Å². The Balaban J connectivity index is 1.36. The Bertz CT molecular complexity index is 1730. The number of benzene rings is 2. The van der Waals surface area contributed by atoms with Crippen LogP contribution < -0.4 is 20.1 Å². The van der Waals surface area contributed by atoms with Crippen molar-refractivity contribution in [2.45, 2.75) is 77.5 Å². The molecule has 5 rings (SSSR count). The van der Waals surface area contributed by atoms with Gasteiger partial charge >= 0.3 is 5.97 Å². The van der Waals surface area contributed by atoms with Crippen LogP contribution in [0.15, 0.2) is 65.8 Å². The van der Waals surface area contributed by atoms with Crippen LogP contribution in [-0.2, 0) is 10.8 Å². The second-order valence-electron chi connectivity index (χ2n) is 12.7. The summed E-state index contributed by atoms with van der Waals surface area (Å²) in [4.78, 5) is 30.4. The molecular weight excluding hydrogens is 616 g/mol. The Morgan fingerprint density at radius 1 is 1.09 bits per heavy atom. The van der Waals surface area contributed by atoms with Gasteiger partial charge in [0.15, 0.2) is 5.75 Å². The van der Waals surface area contributed by atoms with Gasteiger partial charge in [-0.2, -0.15) is 4.98 Å². The van der Waals surface area contributed by atoms with Crippen molar-refractivity contribution in [3.63, 3.8) is 0 Å². The van der Waals surface area contributed by atoms with E-state index < -0.39 is 16.8 Å². The molecule has 3 heterocycles. The van der Waals surface area contributed by atoms with Crippen LogP contribution in [0.2, 0.25) is 0 Å². The van der Waals surface area contributed by atoms with Gasteiger partial charge in [-0.15, -0.1) is 0 Å². The fourth-order valence-corrected chi connectivity index (χ4v) is 6.55. The third kappa shape index (κ3) is 8.49. The first-order valence-corrected chi connectivity index (χ1v) is 17.0. The number of anilines is 1. The minimum atomic E-state index is -1.55. The molecule has 2 aromatic heterocycles. The van der Waals surface area contributed by atoms with Gasteiger partial charge in [-0.3, -0.25) is 4.21 Å². The number of carboxylic acid groups (broad SMARTS) is 1. The van der Waals surface area contributed by atoms with E-state index >= 15 is 0 Å². The summed E-state index contributed by atoms with van der Waals surface area (Å²) in [6.07, 6.45) is 5.32. The first-order valence-electron chi connectivity index (χ1n) is 15.7. The molecule has 1 aliphatic rings. The molecule has 0 radical (unpaired) electrons. The van der Waals surface area contributed by atoms with Crippen molar-refractivity contribution in [1.82, 2.24) is 25.3 Å². The van der Waals surface area contributed by atoms with E-state index in [1.165, 1.54) is 12.1 Å². The summed E-state index contributed by atoms with van der Waals surface area (Å²) in [7, 11) is -1.55. The van der Waals surface area contributed by atoms with Crippen LogP contribution in [0.25, 0.3) is 11.3 Å². The highest BCUT2D eigenvalue weighted by atomic mass is 32.2. The minimum absolute atomic E-state index is 0.0153. The van der Waals surface area contributed by atoms with Gasteiger partial charge in [0.1, 0.15) is 12.4 Å². The molecule has 11 nitrogen and oxygen atoms in total. The van der Waals surface area contributed by atoms with E-state index in [4.69, 9.17) is 14.5 Å². The minimum Gasteiger partial charge on any atom is -0.488 e. The SMILES string of the molecule is Cc1cccc(C)c1-c1cc(OCC2NC(c3ncc(OC(C)C)cn3)CCC2(C)C)nc(NCS(=O)c2cccc(C(=O)O)c2)n1. The highest BCUT2D eigenvalue weighted by Gasteiger charge is 2.38. The standard InChI is InChI=1S/C35H42N6O5S/c1-21(2)46-25-17-36-32(37-18-25)27-13-14-35(5,6)29(39-27)19-45-30-16-28(31-22(3)9-7-10-23(31)4)40-34(41-30)38-20-47(44)26-12-8-11-24(15-26)33(42)43/h7-12,15-18,21,27,29,39H,13-14,19-20H2,1-6H3,(H,42,43)(H,38,40,41). The second-order valence-corrected chi connectivity index (χ2v) is 14.2. The molecule has 3 N–H and O–H groups in total. The fourth-order valence-electron chi connectivity index (χ4n) is 5.64. The quantitative estimate of drug-likeness (QED) is 0.162. The summed E-state index contributed by atoms with van der Waals surface area (Å²) in [6.45, 7) is 12.8. The summed E-state index contributed by atoms with van der Waals surface area (Å²) < 4.78 is 25.2. The van der Waals surface area contributed by atoms with Crippen molar-refractivity contribution in [1.29, 1.82) is 0 Å². The van der Waals surface area contributed by atoms with Gasteiger partial charge in [0.25, 0.3) is 0 Å². The van der Waals surface area contributed by atoms with Crippen LogP contribution in [0.5, 0.6) is 11.6 Å². The van der Waals surface area contributed by atoms with Gasteiger partial charge in [0, 0.05) is 22.6 Å². The van der Waals surface area contributed by atoms with Crippen molar-refractivity contribution in [2.75, 3.05) is 17.8 Å². The molecule has 1 saturated heterocycles. The number of hydrogen-bond acceptors (Lipinski definition) is 10. The van der Waals surface area contributed by atoms with Crippen molar-refractivity contribution in [3.8, 4) is 22.9 Å². The molecule has 3 atom stereocenters. The molecule has 4 aromatic rings. The number of ether oxygens (including phenoxy) is 2. The Morgan fingerprint density at radius 3 is 2.47 bits per heavy atom. The number of nitrogens with one attached hydrogen (secondary N) is 2. The monoisotopic (exact) mass is 658 g/mol. The molecule has 248 valence electrons. The van der Waals surface area contributed by atoms with Crippen LogP contribution in [0, 0.1) is 19.3 Å². The maximum absolute atomic E-state index is 13.1. The van der Waals surface area contributed by atoms with Crippen LogP contribution in [0.4, 0.5) is 5.95 Å². The number of aryl methyl sites for hydroxylation is 2. The number of rotatable bonds is 12. The lowest BCUT2D eigenvalue weighted by molar-refractivity contribution is 0.0696. The average Bonchev–Trinajstić information content (AvgIpc) is 3.03. The molecule has 0 aliphatic carbocycles. The summed E-state index contributed by atoms with van der Waals surface area (Å²) in [6, 6.07) is 13.9. The molecular formula is C35H42N6O5S. The predicted octanol–water partition coefficient (Wildman–Crippen LogP) is 6.11. The number of aromatic nitrogens is 4. The van der Waals surface area contributed by atoms with E-state index in [2.05, 4.69) is 39.4 Å². The Labute approximate surface area is 278 Å². The number of piperidine rings is 1. The number of nitrogens with zero attached hydrogens (tertiary/aromatic N) is 4. The number of hydrogen-bond donors (Lipinski definition) is 3. The normalized spacial score (nSPS) is 18.0. The lowest BCUT2D eigenvalue weighted by Crippen LogP contribution is -2.51. The van der Waals surface area contributed by atoms with Crippen molar-refractivity contribution in [3.05, 3.63) is 83.4 Å². The molecule has 0 bridgehead atoms. The van der Waals surface area contributed by atoms with Gasteiger partial charge in [-0.25, -0.2) is 19.7 Å². The molecule has 1 fully saturated rings. The molecule has 0 amide bonds. The van der Waals surface area contributed by atoms with E-state index in [-0.39, 0.29) is 41.0 Å². The van der Waals surface area contributed by atoms with Gasteiger partial charge in [-0.05, 0) is 75.3 Å². The lowest BCUT2D eigenvalue weighted by atomic mass is 9.75. The lowest BCUT2D eigenvalue weighted by Gasteiger charge is -2.42. The highest BCUT2D eigenvalue weighted by molar-refractivity contribution is 7.85. The van der Waals surface area contributed by atoms with E-state index in [1.807, 2.05) is 52.0 Å². The topological polar surface area (TPSA) is 148 Å². The molecule has 0 saturated carbocycles. The van der Waals surface area contributed by atoms with E-state index in [0.717, 1.165) is 29.5 Å². The molecule has 3 unspecified atom stereocenters. The maximum Gasteiger partial charge on any atom is 0.335 e. The Kier molecular flexibility index (Phi) is 10.5. The molecule has 47 heavy (non-hydrogen) atoms. The first kappa shape index (κ1) is 33.9. The molecule has 12 heteroatoms. The number of aromatic carboxylic acids is 1. The largest absolute Gasteiger partial charge is 0.488 e. The van der Waals surface area contributed by atoms with E-state index in [9.17, 15) is 14.1 Å². The van der Waals surface area contributed by atoms with Crippen molar-refractivity contribution >= 4 is 22.7 Å². The number of carbonyl (C=O) groups is 1. The summed E-state index contributed by atoms with van der Waals surface area (Å²) in [5, 5.41) is 16.1. The molecule has 2 aromatic carbocycles. The fraction of sp³-hybridized carbons (Fsp3) is 0.400. The highest BCUT2D eigenvalue weighted by Crippen LogP contribution is 2.37. The van der Waals surface area contributed by atoms with Gasteiger partial charge in [0.2, 0.25) is 11.8 Å². The van der Waals surface area contributed by atoms with Crippen LogP contribution in [0.3, 0.4) is 0 Å². The van der Waals surface area contributed by atoms with Gasteiger partial charge < -0.3 is 25.2 Å². The maximum atomic E-state index is 13.1. The van der Waals surface area contributed by atoms with Gasteiger partial charge in [0.05, 0.1) is 52.5 Å². The summed E-state index contributed by atoms with van der Waals surface area (Å²) in [5.41, 5.74) is 3.76. The van der Waals surface area contributed by atoms with E-state index in [0.29, 0.717) is 34.7 Å². The number of carboxylic acids is 1. The van der Waals surface area contributed by atoms with Gasteiger partial charge in [-0.1, -0.05) is 38.1 Å². The summed E-state index contributed by atoms with van der Waals surface area (Å²) in [5.74, 6) is 0.906. The van der Waals surface area contributed by atoms with Crippen LogP contribution in [0.1, 0.15) is 73.9 Å². The van der Waals surface area contributed by atoms with Crippen LogP contribution >= 0.6 is 0 Å². The third-order valence-electron chi connectivity index (χ3n) is 8.30. The summed E-state index contributed by atoms with van der Waals surface area (Å²) >= 11 is 0. The second kappa shape index (κ2) is 14.6. The smallest absolute Gasteiger partial charge is 0.335 e. The Morgan fingerprint density at radius 2 is 1.79 bits per heavy atom. The molecule has 0 spiro atoms. The zero-order valence-electron chi connectivity index (χ0n) is 27.6.